The van der Waals surface area contributed by atoms with Crippen LogP contribution in [0.4, 0.5) is 15.8 Å². The molecule has 1 aliphatic rings. The number of carbonyl (C=O) groups excluding carboxylic acids is 1. The van der Waals surface area contributed by atoms with Crippen molar-refractivity contribution < 1.29 is 13.4 Å². The number of rotatable bonds is 4. The van der Waals surface area contributed by atoms with Crippen molar-refractivity contribution in [3.63, 3.8) is 0 Å². The lowest BCUT2D eigenvalue weighted by Crippen LogP contribution is -2.40. The highest BCUT2D eigenvalue weighted by atomic mass is 32.2. The van der Waals surface area contributed by atoms with E-state index in [4.69, 9.17) is 0 Å². The van der Waals surface area contributed by atoms with Gasteiger partial charge in [0.1, 0.15) is 16.9 Å². The number of benzene rings is 1. The molecule has 1 aliphatic heterocycles. The number of pyridine rings is 1. The van der Waals surface area contributed by atoms with Gasteiger partial charge in [0.15, 0.2) is 0 Å². The summed E-state index contributed by atoms with van der Waals surface area (Å²) in [4.78, 5) is 19.1. The maximum atomic E-state index is 13.5. The first kappa shape index (κ1) is 19.5. The van der Waals surface area contributed by atoms with Crippen LogP contribution in [0.15, 0.2) is 41.6 Å². The molecule has 144 valence electrons. The Bertz CT molecular complexity index is 901. The fraction of sp³-hybridized carbons (Fsp3) is 0.400. The molecule has 0 bridgehead atoms. The van der Waals surface area contributed by atoms with E-state index in [1.165, 1.54) is 18.3 Å². The normalized spacial score (nSPS) is 19.7. The van der Waals surface area contributed by atoms with Crippen molar-refractivity contribution >= 4 is 28.1 Å². The number of hydrogen-bond donors (Lipinski definition) is 1. The molecule has 1 amide bonds. The number of nitrogens with one attached hydrogen (secondary N) is 1. The highest BCUT2D eigenvalue weighted by Crippen LogP contribution is 2.39. The summed E-state index contributed by atoms with van der Waals surface area (Å²) in [6.45, 7) is 6.80. The molecule has 0 aliphatic carbocycles. The number of carbonyl (C=O) groups is 1. The molecule has 2 aromatic rings. The van der Waals surface area contributed by atoms with Crippen molar-refractivity contribution in [1.29, 1.82) is 0 Å². The van der Waals surface area contributed by atoms with Gasteiger partial charge in [-0.3, -0.25) is 9.00 Å². The van der Waals surface area contributed by atoms with Crippen LogP contribution in [-0.2, 0) is 15.6 Å². The van der Waals surface area contributed by atoms with E-state index >= 15 is 0 Å². The van der Waals surface area contributed by atoms with Crippen molar-refractivity contribution in [2.45, 2.75) is 38.3 Å². The van der Waals surface area contributed by atoms with E-state index in [-0.39, 0.29) is 23.2 Å². The molecule has 5 nitrogen and oxygen atoms in total. The molecular formula is C20H24FN3O2S. The molecule has 0 saturated carbocycles. The summed E-state index contributed by atoms with van der Waals surface area (Å²) in [5.41, 5.74) is 2.20. The summed E-state index contributed by atoms with van der Waals surface area (Å²) in [6, 6.07) is 7.59. The molecule has 2 unspecified atom stereocenters. The fourth-order valence-electron chi connectivity index (χ4n) is 3.57. The smallest absolute Gasteiger partial charge is 0.247 e. The third kappa shape index (κ3) is 4.35. The van der Waals surface area contributed by atoms with Crippen molar-refractivity contribution in [2.75, 3.05) is 23.0 Å². The van der Waals surface area contributed by atoms with Crippen molar-refractivity contribution in [3.8, 4) is 0 Å². The van der Waals surface area contributed by atoms with Crippen molar-refractivity contribution in [2.24, 2.45) is 5.41 Å². The lowest BCUT2D eigenvalue weighted by atomic mass is 9.90. The van der Waals surface area contributed by atoms with Crippen LogP contribution >= 0.6 is 0 Å². The summed E-state index contributed by atoms with van der Waals surface area (Å²) in [6.07, 6.45) is 3.77. The van der Waals surface area contributed by atoms with Gasteiger partial charge in [-0.2, -0.15) is 0 Å². The van der Waals surface area contributed by atoms with Crippen molar-refractivity contribution in [1.82, 2.24) is 4.98 Å². The van der Waals surface area contributed by atoms with Crippen LogP contribution < -0.4 is 10.2 Å². The monoisotopic (exact) mass is 389 g/mol. The predicted octanol–water partition coefficient (Wildman–Crippen LogP) is 3.51. The SMILES string of the molecule is Cc1cc(F)ccc1N1CC(C)(C)CC1C(=O)Nc1ccnc(S(C)=O)c1. The zero-order valence-corrected chi connectivity index (χ0v) is 16.8. The van der Waals surface area contributed by atoms with Gasteiger partial charge >= 0.3 is 0 Å². The molecule has 7 heteroatoms. The van der Waals surface area contributed by atoms with E-state index in [1.54, 1.807) is 24.5 Å². The average molecular weight is 389 g/mol. The highest BCUT2D eigenvalue weighted by molar-refractivity contribution is 7.84. The number of hydrogen-bond acceptors (Lipinski definition) is 4. The second-order valence-electron chi connectivity index (χ2n) is 7.77. The minimum absolute atomic E-state index is 0.0445. The van der Waals surface area contributed by atoms with E-state index in [0.29, 0.717) is 23.7 Å². The summed E-state index contributed by atoms with van der Waals surface area (Å²) in [5.74, 6) is -0.420. The van der Waals surface area contributed by atoms with Gasteiger partial charge in [-0.25, -0.2) is 9.37 Å². The zero-order chi connectivity index (χ0) is 19.8. The Kier molecular flexibility index (Phi) is 5.33. The molecule has 1 aromatic heterocycles. The Labute approximate surface area is 161 Å². The molecule has 0 spiro atoms. The number of amides is 1. The van der Waals surface area contributed by atoms with Gasteiger partial charge in [0.25, 0.3) is 0 Å². The topological polar surface area (TPSA) is 62.3 Å². The molecule has 27 heavy (non-hydrogen) atoms. The largest absolute Gasteiger partial charge is 0.359 e. The molecule has 1 N–H and O–H groups in total. The fourth-order valence-corrected chi connectivity index (χ4v) is 4.07. The number of aromatic nitrogens is 1. The Hall–Kier alpha value is -2.28. The third-order valence-electron chi connectivity index (χ3n) is 4.79. The standard InChI is InChI=1S/C20H24FN3O2S/c1-13-9-14(21)5-6-16(13)24-12-20(2,3)11-17(24)19(25)23-15-7-8-22-18(10-15)27(4)26/h5-10,17H,11-12H2,1-4H3,(H,22,23,25). The number of anilines is 2. The van der Waals surface area contributed by atoms with Crippen LogP contribution in [0.2, 0.25) is 0 Å². The Balaban J connectivity index is 1.87. The average Bonchev–Trinajstić information content (AvgIpc) is 2.90. The van der Waals surface area contributed by atoms with Crippen LogP contribution in [0.1, 0.15) is 25.8 Å². The Morgan fingerprint density at radius 2 is 2.07 bits per heavy atom. The van der Waals surface area contributed by atoms with Crippen molar-refractivity contribution in [3.05, 3.63) is 47.9 Å². The molecule has 1 aromatic carbocycles. The van der Waals surface area contributed by atoms with Gasteiger partial charge in [0, 0.05) is 30.4 Å². The second kappa shape index (κ2) is 7.38. The van der Waals surface area contributed by atoms with Crippen LogP contribution in [-0.4, -0.2) is 33.9 Å². The molecule has 1 fully saturated rings. The Morgan fingerprint density at radius 1 is 1.33 bits per heavy atom. The quantitative estimate of drug-likeness (QED) is 0.869. The second-order valence-corrected chi connectivity index (χ2v) is 9.10. The Morgan fingerprint density at radius 3 is 2.74 bits per heavy atom. The summed E-state index contributed by atoms with van der Waals surface area (Å²) in [7, 11) is -1.22. The van der Waals surface area contributed by atoms with E-state index < -0.39 is 10.8 Å². The first-order valence-corrected chi connectivity index (χ1v) is 10.4. The molecule has 3 rings (SSSR count). The lowest BCUT2D eigenvalue weighted by molar-refractivity contribution is -0.117. The summed E-state index contributed by atoms with van der Waals surface area (Å²) < 4.78 is 25.1. The first-order valence-electron chi connectivity index (χ1n) is 8.79. The van der Waals surface area contributed by atoms with Crippen LogP contribution in [0.5, 0.6) is 0 Å². The maximum absolute atomic E-state index is 13.5. The van der Waals surface area contributed by atoms with Gasteiger partial charge in [-0.15, -0.1) is 0 Å². The van der Waals surface area contributed by atoms with Crippen LogP contribution in [0, 0.1) is 18.2 Å². The number of aryl methyl sites for hydroxylation is 1. The molecule has 2 atom stereocenters. The van der Waals surface area contributed by atoms with Gasteiger partial charge in [0.05, 0.1) is 10.8 Å². The molecule has 1 saturated heterocycles. The summed E-state index contributed by atoms with van der Waals surface area (Å²) in [5, 5.41) is 3.34. The van der Waals surface area contributed by atoms with E-state index in [0.717, 1.165) is 11.3 Å². The maximum Gasteiger partial charge on any atom is 0.247 e. The van der Waals surface area contributed by atoms with Crippen LogP contribution in [0.25, 0.3) is 0 Å². The van der Waals surface area contributed by atoms with E-state index in [9.17, 15) is 13.4 Å². The van der Waals surface area contributed by atoms with Crippen LogP contribution in [0.3, 0.4) is 0 Å². The van der Waals surface area contributed by atoms with Gasteiger partial charge in [-0.1, -0.05) is 13.8 Å². The summed E-state index contributed by atoms with van der Waals surface area (Å²) >= 11 is 0. The van der Waals surface area contributed by atoms with Gasteiger partial charge in [0.2, 0.25) is 5.91 Å². The van der Waals surface area contributed by atoms with Gasteiger partial charge in [-0.05, 0) is 54.7 Å². The number of halogens is 1. The third-order valence-corrected chi connectivity index (χ3v) is 5.60. The molecular weight excluding hydrogens is 365 g/mol. The van der Waals surface area contributed by atoms with Gasteiger partial charge < -0.3 is 10.2 Å². The predicted molar refractivity (Wildman–Crippen MR) is 106 cm³/mol. The van der Waals surface area contributed by atoms with E-state index in [2.05, 4.69) is 24.1 Å². The minimum atomic E-state index is -1.22. The zero-order valence-electron chi connectivity index (χ0n) is 16.0. The molecule has 0 radical (unpaired) electrons. The minimum Gasteiger partial charge on any atom is -0.359 e. The first-order chi connectivity index (χ1) is 12.7. The molecule has 2 heterocycles. The van der Waals surface area contributed by atoms with E-state index in [1.807, 2.05) is 11.8 Å². The number of nitrogens with zero attached hydrogens (tertiary/aromatic N) is 2. The highest BCUT2D eigenvalue weighted by Gasteiger charge is 2.41. The lowest BCUT2D eigenvalue weighted by Gasteiger charge is -2.28.